The maximum atomic E-state index is 12.8. The Kier molecular flexibility index (Phi) is 6.16. The lowest BCUT2D eigenvalue weighted by Gasteiger charge is -2.09. The molecule has 0 unspecified atom stereocenters. The Morgan fingerprint density at radius 1 is 1.32 bits per heavy atom. The van der Waals surface area contributed by atoms with Crippen LogP contribution in [0.15, 0.2) is 23.1 Å². The summed E-state index contributed by atoms with van der Waals surface area (Å²) in [4.78, 5) is -0.147. The number of nitrogen functional groups attached to an aromatic ring is 1. The fourth-order valence-electron chi connectivity index (χ4n) is 1.33. The second-order valence-electron chi connectivity index (χ2n) is 3.69. The quantitative estimate of drug-likeness (QED) is 0.533. The molecule has 0 fully saturated rings. The Bertz CT molecular complexity index is 507. The summed E-state index contributed by atoms with van der Waals surface area (Å²) in [6.07, 6.45) is 0. The first-order valence-corrected chi connectivity index (χ1v) is 7.07. The van der Waals surface area contributed by atoms with Crippen molar-refractivity contribution >= 4 is 15.7 Å². The van der Waals surface area contributed by atoms with E-state index in [4.69, 9.17) is 15.2 Å². The predicted octanol–water partition coefficient (Wildman–Crippen LogP) is 0.349. The zero-order valence-corrected chi connectivity index (χ0v) is 11.4. The number of benzene rings is 1. The van der Waals surface area contributed by atoms with Crippen LogP contribution in [-0.2, 0) is 19.5 Å². The van der Waals surface area contributed by atoms with Gasteiger partial charge in [0, 0.05) is 13.7 Å². The van der Waals surface area contributed by atoms with Gasteiger partial charge >= 0.3 is 0 Å². The first-order valence-electron chi connectivity index (χ1n) is 5.59. The molecular weight excluding hydrogens is 275 g/mol. The number of hydrogen-bond acceptors (Lipinski definition) is 5. The number of anilines is 1. The van der Waals surface area contributed by atoms with Gasteiger partial charge in [0.15, 0.2) is 0 Å². The highest BCUT2D eigenvalue weighted by atomic mass is 32.2. The van der Waals surface area contributed by atoms with E-state index >= 15 is 0 Å². The average molecular weight is 292 g/mol. The molecular formula is C11H17FN2O4S. The van der Waals surface area contributed by atoms with Crippen molar-refractivity contribution in [3.8, 4) is 0 Å². The molecule has 0 aliphatic carbocycles. The second kappa shape index (κ2) is 7.39. The zero-order chi connectivity index (χ0) is 14.3. The van der Waals surface area contributed by atoms with E-state index in [1.807, 2.05) is 0 Å². The highest BCUT2D eigenvalue weighted by molar-refractivity contribution is 7.89. The summed E-state index contributed by atoms with van der Waals surface area (Å²) in [5.41, 5.74) is 5.34. The molecule has 0 radical (unpaired) electrons. The smallest absolute Gasteiger partial charge is 0.242 e. The molecule has 1 aromatic carbocycles. The molecule has 0 heterocycles. The largest absolute Gasteiger partial charge is 0.398 e. The summed E-state index contributed by atoms with van der Waals surface area (Å²) >= 11 is 0. The number of nitrogens with two attached hydrogens (primary N) is 1. The van der Waals surface area contributed by atoms with Crippen molar-refractivity contribution < 1.29 is 22.3 Å². The number of methoxy groups -OCH3 is 1. The van der Waals surface area contributed by atoms with Crippen LogP contribution in [0.2, 0.25) is 0 Å². The molecule has 0 atom stereocenters. The van der Waals surface area contributed by atoms with Crippen LogP contribution in [0.25, 0.3) is 0 Å². The molecule has 0 aliphatic rings. The van der Waals surface area contributed by atoms with Crippen molar-refractivity contribution in [2.75, 3.05) is 39.2 Å². The molecule has 3 N–H and O–H groups in total. The van der Waals surface area contributed by atoms with Gasteiger partial charge in [-0.3, -0.25) is 0 Å². The number of rotatable bonds is 8. The van der Waals surface area contributed by atoms with Gasteiger partial charge < -0.3 is 15.2 Å². The topological polar surface area (TPSA) is 90.6 Å². The van der Waals surface area contributed by atoms with Gasteiger partial charge in [-0.05, 0) is 18.2 Å². The van der Waals surface area contributed by atoms with Crippen molar-refractivity contribution in [3.05, 3.63) is 24.0 Å². The molecule has 6 nitrogen and oxygen atoms in total. The van der Waals surface area contributed by atoms with E-state index in [9.17, 15) is 12.8 Å². The fourth-order valence-corrected chi connectivity index (χ4v) is 2.46. The molecule has 0 saturated carbocycles. The van der Waals surface area contributed by atoms with Crippen LogP contribution in [0.1, 0.15) is 0 Å². The highest BCUT2D eigenvalue weighted by Gasteiger charge is 2.17. The molecule has 0 bridgehead atoms. The van der Waals surface area contributed by atoms with Crippen LogP contribution in [0.4, 0.5) is 10.1 Å². The highest BCUT2D eigenvalue weighted by Crippen LogP contribution is 2.18. The van der Waals surface area contributed by atoms with Crippen LogP contribution >= 0.6 is 0 Å². The van der Waals surface area contributed by atoms with Gasteiger partial charge in [0.25, 0.3) is 0 Å². The minimum Gasteiger partial charge on any atom is -0.398 e. The molecule has 0 saturated heterocycles. The summed E-state index contributed by atoms with van der Waals surface area (Å²) in [6.45, 7) is 1.14. The lowest BCUT2D eigenvalue weighted by atomic mass is 10.3. The van der Waals surface area contributed by atoms with Crippen LogP contribution in [0.5, 0.6) is 0 Å². The second-order valence-corrected chi connectivity index (χ2v) is 5.42. The number of nitrogens with one attached hydrogen (secondary N) is 1. The van der Waals surface area contributed by atoms with Gasteiger partial charge in [0.05, 0.1) is 25.5 Å². The third kappa shape index (κ3) is 5.11. The third-order valence-corrected chi connectivity index (χ3v) is 3.77. The Labute approximate surface area is 111 Å². The third-order valence-electron chi connectivity index (χ3n) is 2.23. The molecule has 19 heavy (non-hydrogen) atoms. The van der Waals surface area contributed by atoms with Gasteiger partial charge in [0.2, 0.25) is 10.0 Å². The van der Waals surface area contributed by atoms with Gasteiger partial charge in [-0.1, -0.05) is 0 Å². The normalized spacial score (nSPS) is 11.7. The lowest BCUT2D eigenvalue weighted by Crippen LogP contribution is -2.28. The minimum absolute atomic E-state index is 0.100. The van der Waals surface area contributed by atoms with E-state index in [1.165, 1.54) is 0 Å². The van der Waals surface area contributed by atoms with Crippen LogP contribution < -0.4 is 10.5 Å². The Hall–Kier alpha value is -1.22. The van der Waals surface area contributed by atoms with Crippen molar-refractivity contribution in [2.45, 2.75) is 4.90 Å². The van der Waals surface area contributed by atoms with E-state index in [2.05, 4.69) is 4.72 Å². The predicted molar refractivity (Wildman–Crippen MR) is 68.7 cm³/mol. The molecule has 108 valence electrons. The first-order chi connectivity index (χ1) is 8.97. The van der Waals surface area contributed by atoms with E-state index in [0.717, 1.165) is 18.2 Å². The lowest BCUT2D eigenvalue weighted by molar-refractivity contribution is 0.0736. The van der Waals surface area contributed by atoms with E-state index in [0.29, 0.717) is 13.2 Å². The molecule has 8 heteroatoms. The van der Waals surface area contributed by atoms with Crippen LogP contribution in [0, 0.1) is 5.82 Å². The van der Waals surface area contributed by atoms with Gasteiger partial charge in [-0.2, -0.15) is 0 Å². The van der Waals surface area contributed by atoms with Gasteiger partial charge in [0.1, 0.15) is 10.7 Å². The number of sulfonamides is 1. The summed E-state index contributed by atoms with van der Waals surface area (Å²) in [5.74, 6) is -0.584. The fraction of sp³-hybridized carbons (Fsp3) is 0.455. The number of ether oxygens (including phenoxy) is 2. The number of hydrogen-bond donors (Lipinski definition) is 2. The zero-order valence-electron chi connectivity index (χ0n) is 10.6. The summed E-state index contributed by atoms with van der Waals surface area (Å²) in [6, 6.07) is 3.13. The Balaban J connectivity index is 2.52. The first kappa shape index (κ1) is 15.8. The van der Waals surface area contributed by atoms with E-state index in [1.54, 1.807) is 7.11 Å². The molecule has 0 aromatic heterocycles. The van der Waals surface area contributed by atoms with Gasteiger partial charge in [-0.15, -0.1) is 0 Å². The Morgan fingerprint density at radius 2 is 2.05 bits per heavy atom. The minimum atomic E-state index is -3.75. The average Bonchev–Trinajstić information content (AvgIpc) is 2.33. The van der Waals surface area contributed by atoms with Crippen molar-refractivity contribution in [1.29, 1.82) is 0 Å². The molecule has 1 rings (SSSR count). The van der Waals surface area contributed by atoms with Crippen molar-refractivity contribution in [1.82, 2.24) is 4.72 Å². The molecule has 1 aromatic rings. The number of halogens is 1. The van der Waals surface area contributed by atoms with Crippen LogP contribution in [0.3, 0.4) is 0 Å². The van der Waals surface area contributed by atoms with Gasteiger partial charge in [-0.25, -0.2) is 17.5 Å². The van der Waals surface area contributed by atoms with Crippen molar-refractivity contribution in [3.63, 3.8) is 0 Å². The van der Waals surface area contributed by atoms with E-state index < -0.39 is 15.8 Å². The summed E-state index contributed by atoms with van der Waals surface area (Å²) in [7, 11) is -2.21. The van der Waals surface area contributed by atoms with Crippen LogP contribution in [-0.4, -0.2) is 41.9 Å². The van der Waals surface area contributed by atoms with E-state index in [-0.39, 0.29) is 23.7 Å². The monoisotopic (exact) mass is 292 g/mol. The standard InChI is InChI=1S/C11H17FN2O4S/c1-17-6-7-18-5-4-14-19(15,16)11-3-2-9(12)8-10(11)13/h2-3,8,14H,4-7,13H2,1H3. The Morgan fingerprint density at radius 3 is 2.68 bits per heavy atom. The summed E-state index contributed by atoms with van der Waals surface area (Å²) < 4.78 is 48.8. The molecule has 0 aliphatic heterocycles. The van der Waals surface area contributed by atoms with Crippen molar-refractivity contribution in [2.24, 2.45) is 0 Å². The summed E-state index contributed by atoms with van der Waals surface area (Å²) in [5, 5.41) is 0. The molecule has 0 amide bonds. The SMILES string of the molecule is COCCOCCNS(=O)(=O)c1ccc(F)cc1N. The maximum absolute atomic E-state index is 12.8. The molecule has 0 spiro atoms. The maximum Gasteiger partial charge on any atom is 0.242 e.